The van der Waals surface area contributed by atoms with Crippen LogP contribution in [-0.4, -0.2) is 24.1 Å². The molecule has 4 nitrogen and oxygen atoms in total. The fourth-order valence-electron chi connectivity index (χ4n) is 1.59. The van der Waals surface area contributed by atoms with Crippen LogP contribution < -0.4 is 0 Å². The summed E-state index contributed by atoms with van der Waals surface area (Å²) in [6.07, 6.45) is 2.69. The summed E-state index contributed by atoms with van der Waals surface area (Å²) in [5.74, 6) is -1.27. The Balaban J connectivity index is 2.45. The molecule has 0 aliphatic heterocycles. The number of hydrogen-bond acceptors (Lipinski definition) is 4. The lowest BCUT2D eigenvalue weighted by Crippen LogP contribution is -2.27. The number of rotatable bonds is 7. The van der Waals surface area contributed by atoms with Crippen molar-refractivity contribution in [2.75, 3.05) is 6.61 Å². The molecule has 1 aliphatic carbocycles. The van der Waals surface area contributed by atoms with Gasteiger partial charge in [0.05, 0.1) is 6.61 Å². The van der Waals surface area contributed by atoms with Gasteiger partial charge in [0, 0.05) is 12.8 Å². The molecular weight excluding hydrogens is 208 g/mol. The zero-order valence-corrected chi connectivity index (χ0v) is 9.82. The van der Waals surface area contributed by atoms with Gasteiger partial charge in [-0.3, -0.25) is 14.4 Å². The van der Waals surface area contributed by atoms with E-state index in [4.69, 9.17) is 4.74 Å². The van der Waals surface area contributed by atoms with E-state index in [1.54, 1.807) is 6.92 Å². The summed E-state index contributed by atoms with van der Waals surface area (Å²) in [6.45, 7) is 3.24. The minimum atomic E-state index is -0.897. The molecule has 0 radical (unpaired) electrons. The highest BCUT2D eigenvalue weighted by Crippen LogP contribution is 2.33. The molecule has 0 aromatic heterocycles. The molecule has 0 bridgehead atoms. The predicted octanol–water partition coefficient (Wildman–Crippen LogP) is 1.51. The number of carbonyl (C=O) groups excluding carboxylic acids is 3. The number of carbonyl (C=O) groups is 3. The summed E-state index contributed by atoms with van der Waals surface area (Å²) in [5.41, 5.74) is 0. The number of ketones is 2. The summed E-state index contributed by atoms with van der Waals surface area (Å²) < 4.78 is 4.77. The van der Waals surface area contributed by atoms with Gasteiger partial charge in [0.25, 0.3) is 0 Å². The van der Waals surface area contributed by atoms with Crippen LogP contribution in [0.15, 0.2) is 0 Å². The predicted molar refractivity (Wildman–Crippen MR) is 57.8 cm³/mol. The normalized spacial score (nSPS) is 16.6. The van der Waals surface area contributed by atoms with Gasteiger partial charge >= 0.3 is 5.97 Å². The number of hydrogen-bond donors (Lipinski definition) is 0. The number of esters is 1. The van der Waals surface area contributed by atoms with Crippen molar-refractivity contribution in [3.05, 3.63) is 0 Å². The lowest BCUT2D eigenvalue weighted by atomic mass is 9.96. The molecule has 0 heterocycles. The Kier molecular flexibility index (Phi) is 4.65. The number of ether oxygens (including phenoxy) is 1. The fraction of sp³-hybridized carbons (Fsp3) is 0.750. The number of Topliss-reactive ketones (excluding diaryl/α,β-unsaturated/α-hetero) is 2. The van der Waals surface area contributed by atoms with Crippen LogP contribution in [0.25, 0.3) is 0 Å². The van der Waals surface area contributed by atoms with E-state index in [9.17, 15) is 14.4 Å². The van der Waals surface area contributed by atoms with Gasteiger partial charge in [-0.1, -0.05) is 0 Å². The first-order valence-corrected chi connectivity index (χ1v) is 5.73. The van der Waals surface area contributed by atoms with Gasteiger partial charge in [0.1, 0.15) is 17.5 Å². The highest BCUT2D eigenvalue weighted by molar-refractivity contribution is 6.01. The monoisotopic (exact) mass is 226 g/mol. The molecular formula is C12H18O4. The molecule has 0 aromatic rings. The van der Waals surface area contributed by atoms with Crippen LogP contribution >= 0.6 is 0 Å². The van der Waals surface area contributed by atoms with Gasteiger partial charge < -0.3 is 4.74 Å². The summed E-state index contributed by atoms with van der Waals surface area (Å²) in [4.78, 5) is 34.2. The maximum atomic E-state index is 11.6. The molecule has 90 valence electrons. The van der Waals surface area contributed by atoms with Gasteiger partial charge in [-0.25, -0.2) is 0 Å². The van der Waals surface area contributed by atoms with Crippen molar-refractivity contribution < 1.29 is 19.1 Å². The van der Waals surface area contributed by atoms with Gasteiger partial charge in [-0.05, 0) is 32.6 Å². The Morgan fingerprint density at radius 1 is 1.31 bits per heavy atom. The largest absolute Gasteiger partial charge is 0.465 e. The van der Waals surface area contributed by atoms with Crippen molar-refractivity contribution >= 4 is 17.5 Å². The standard InChI is InChI=1S/C12H18O4/c1-3-16-12(15)11(8(2)13)7-10(14)6-9-4-5-9/h9,11H,3-7H2,1-2H3. The van der Waals surface area contributed by atoms with E-state index < -0.39 is 11.9 Å². The maximum absolute atomic E-state index is 11.6. The van der Waals surface area contributed by atoms with Crippen molar-refractivity contribution in [2.24, 2.45) is 11.8 Å². The molecule has 16 heavy (non-hydrogen) atoms. The highest BCUT2D eigenvalue weighted by atomic mass is 16.5. The Morgan fingerprint density at radius 2 is 1.94 bits per heavy atom. The summed E-state index contributed by atoms with van der Waals surface area (Å²) >= 11 is 0. The topological polar surface area (TPSA) is 60.4 Å². The first-order chi connectivity index (χ1) is 7.54. The quantitative estimate of drug-likeness (QED) is 0.487. The van der Waals surface area contributed by atoms with Crippen LogP contribution in [0.4, 0.5) is 0 Å². The smallest absolute Gasteiger partial charge is 0.316 e. The van der Waals surface area contributed by atoms with Crippen LogP contribution in [-0.2, 0) is 19.1 Å². The Hall–Kier alpha value is -1.19. The molecule has 0 saturated heterocycles. The van der Waals surface area contributed by atoms with E-state index in [0.29, 0.717) is 12.3 Å². The first-order valence-electron chi connectivity index (χ1n) is 5.73. The van der Waals surface area contributed by atoms with Crippen LogP contribution in [0, 0.1) is 11.8 Å². The lowest BCUT2D eigenvalue weighted by Gasteiger charge is -2.11. The van der Waals surface area contributed by atoms with Crippen molar-refractivity contribution in [1.29, 1.82) is 0 Å². The molecule has 0 N–H and O–H groups in total. The molecule has 1 saturated carbocycles. The summed E-state index contributed by atoms with van der Waals surface area (Å²) in [7, 11) is 0. The van der Waals surface area contributed by atoms with Gasteiger partial charge in [-0.2, -0.15) is 0 Å². The fourth-order valence-corrected chi connectivity index (χ4v) is 1.59. The van der Waals surface area contributed by atoms with Gasteiger partial charge in [0.2, 0.25) is 0 Å². The van der Waals surface area contributed by atoms with Crippen LogP contribution in [0.3, 0.4) is 0 Å². The van der Waals surface area contributed by atoms with Crippen molar-refractivity contribution in [1.82, 2.24) is 0 Å². The van der Waals surface area contributed by atoms with Gasteiger partial charge in [0.15, 0.2) is 0 Å². The highest BCUT2D eigenvalue weighted by Gasteiger charge is 2.30. The molecule has 1 rings (SSSR count). The van der Waals surface area contributed by atoms with E-state index in [-0.39, 0.29) is 24.6 Å². The first kappa shape index (κ1) is 12.9. The molecule has 1 atom stereocenters. The van der Waals surface area contributed by atoms with Crippen molar-refractivity contribution in [2.45, 2.75) is 39.5 Å². The third-order valence-corrected chi connectivity index (χ3v) is 2.71. The SMILES string of the molecule is CCOC(=O)C(CC(=O)CC1CC1)C(C)=O. The van der Waals surface area contributed by atoms with E-state index >= 15 is 0 Å². The molecule has 0 amide bonds. The van der Waals surface area contributed by atoms with E-state index in [0.717, 1.165) is 12.8 Å². The zero-order valence-electron chi connectivity index (χ0n) is 9.82. The minimum absolute atomic E-state index is 0.00393. The van der Waals surface area contributed by atoms with E-state index in [1.807, 2.05) is 0 Å². The second-order valence-corrected chi connectivity index (χ2v) is 4.31. The van der Waals surface area contributed by atoms with Crippen LogP contribution in [0.5, 0.6) is 0 Å². The molecule has 4 heteroatoms. The van der Waals surface area contributed by atoms with Gasteiger partial charge in [-0.15, -0.1) is 0 Å². The molecule has 1 fully saturated rings. The Labute approximate surface area is 95.3 Å². The second-order valence-electron chi connectivity index (χ2n) is 4.31. The molecule has 0 aromatic carbocycles. The summed E-state index contributed by atoms with van der Waals surface area (Å²) in [6, 6.07) is 0. The molecule has 1 aliphatic rings. The third-order valence-electron chi connectivity index (χ3n) is 2.71. The lowest BCUT2D eigenvalue weighted by molar-refractivity contribution is -0.152. The molecule has 1 unspecified atom stereocenters. The minimum Gasteiger partial charge on any atom is -0.465 e. The Morgan fingerprint density at radius 3 is 2.38 bits per heavy atom. The van der Waals surface area contributed by atoms with Crippen LogP contribution in [0.2, 0.25) is 0 Å². The average Bonchev–Trinajstić information content (AvgIpc) is 2.97. The maximum Gasteiger partial charge on any atom is 0.316 e. The van der Waals surface area contributed by atoms with Crippen molar-refractivity contribution in [3.63, 3.8) is 0 Å². The average molecular weight is 226 g/mol. The second kappa shape index (κ2) is 5.77. The zero-order chi connectivity index (χ0) is 12.1. The van der Waals surface area contributed by atoms with E-state index in [1.165, 1.54) is 6.92 Å². The molecule has 0 spiro atoms. The van der Waals surface area contributed by atoms with Crippen molar-refractivity contribution in [3.8, 4) is 0 Å². The van der Waals surface area contributed by atoms with E-state index in [2.05, 4.69) is 0 Å². The third kappa shape index (κ3) is 4.13. The summed E-state index contributed by atoms with van der Waals surface area (Å²) in [5, 5.41) is 0. The Bertz CT molecular complexity index is 291. The van der Waals surface area contributed by atoms with Crippen LogP contribution in [0.1, 0.15) is 39.5 Å².